The van der Waals surface area contributed by atoms with Gasteiger partial charge in [-0.1, -0.05) is 22.1 Å². The highest BCUT2D eigenvalue weighted by Gasteiger charge is 2.22. The number of rotatable bonds is 5. The average Bonchev–Trinajstić information content (AvgIpc) is 2.67. The van der Waals surface area contributed by atoms with Crippen molar-refractivity contribution >= 4 is 33.2 Å². The number of amides is 1. The third-order valence-corrected chi connectivity index (χ3v) is 5.86. The Kier molecular flexibility index (Phi) is 5.56. The van der Waals surface area contributed by atoms with Gasteiger partial charge in [-0.05, 0) is 18.2 Å². The smallest absolute Gasteiger partial charge is 0.264 e. The van der Waals surface area contributed by atoms with Crippen molar-refractivity contribution in [1.82, 2.24) is 4.47 Å². The molecule has 144 valence electrons. The predicted molar refractivity (Wildman–Crippen MR) is 98.8 cm³/mol. The predicted octanol–water partition coefficient (Wildman–Crippen LogP) is 2.55. The summed E-state index contributed by atoms with van der Waals surface area (Å²) in [6.45, 7) is 0.821. The fourth-order valence-electron chi connectivity index (χ4n) is 2.40. The lowest BCUT2D eigenvalue weighted by Crippen LogP contribution is -2.26. The number of halogens is 1. The van der Waals surface area contributed by atoms with Gasteiger partial charge in [0.1, 0.15) is 13.2 Å². The largest absolute Gasteiger partial charge is 0.486 e. The van der Waals surface area contributed by atoms with Crippen LogP contribution in [0.15, 0.2) is 41.3 Å². The van der Waals surface area contributed by atoms with E-state index in [1.165, 1.54) is 38.4 Å². The molecule has 1 heterocycles. The minimum Gasteiger partial charge on any atom is -0.486 e. The fraction of sp³-hybridized carbons (Fsp3) is 0.235. The Balaban J connectivity index is 1.86. The molecule has 0 radical (unpaired) electrons. The second kappa shape index (κ2) is 7.73. The summed E-state index contributed by atoms with van der Waals surface area (Å²) in [6.07, 6.45) is 0. The van der Waals surface area contributed by atoms with Crippen molar-refractivity contribution < 1.29 is 27.5 Å². The number of hydroxylamine groups is 1. The summed E-state index contributed by atoms with van der Waals surface area (Å²) in [5, 5.41) is 2.93. The van der Waals surface area contributed by atoms with Gasteiger partial charge in [-0.25, -0.2) is 8.42 Å². The molecule has 1 N–H and O–H groups in total. The Morgan fingerprint density at radius 2 is 1.85 bits per heavy atom. The number of fused-ring (bicyclic) bond motifs is 1. The molecule has 3 rings (SSSR count). The molecule has 27 heavy (non-hydrogen) atoms. The van der Waals surface area contributed by atoms with E-state index in [0.29, 0.717) is 34.9 Å². The third kappa shape index (κ3) is 4.01. The van der Waals surface area contributed by atoms with E-state index in [1.54, 1.807) is 12.1 Å². The number of hydrogen-bond acceptors (Lipinski definition) is 6. The van der Waals surface area contributed by atoms with Crippen molar-refractivity contribution in [2.24, 2.45) is 0 Å². The molecule has 8 nitrogen and oxygen atoms in total. The molecule has 0 aromatic heterocycles. The Morgan fingerprint density at radius 1 is 1.19 bits per heavy atom. The van der Waals surface area contributed by atoms with Crippen LogP contribution < -0.4 is 14.8 Å². The Bertz CT molecular complexity index is 979. The SMILES string of the molecule is CON(C)S(=O)(=O)c1cccc(C(=O)Nc2cc3c(cc2Cl)OCCO3)c1. The van der Waals surface area contributed by atoms with Crippen molar-refractivity contribution in [3.8, 4) is 11.5 Å². The van der Waals surface area contributed by atoms with Gasteiger partial charge in [0, 0.05) is 24.7 Å². The number of ether oxygens (including phenoxy) is 2. The maximum Gasteiger partial charge on any atom is 0.264 e. The van der Waals surface area contributed by atoms with Crippen molar-refractivity contribution in [3.05, 3.63) is 47.0 Å². The lowest BCUT2D eigenvalue weighted by Gasteiger charge is -2.20. The first kappa shape index (κ1) is 19.4. The first-order valence-corrected chi connectivity index (χ1v) is 9.68. The first-order chi connectivity index (χ1) is 12.8. The summed E-state index contributed by atoms with van der Waals surface area (Å²) < 4.78 is 36.3. The van der Waals surface area contributed by atoms with E-state index in [1.807, 2.05) is 0 Å². The average molecular weight is 413 g/mol. The quantitative estimate of drug-likeness (QED) is 0.758. The number of nitrogens with one attached hydrogen (secondary N) is 1. The monoisotopic (exact) mass is 412 g/mol. The zero-order chi connectivity index (χ0) is 19.6. The molecule has 0 unspecified atom stereocenters. The molecule has 0 saturated carbocycles. The molecule has 0 atom stereocenters. The van der Waals surface area contributed by atoms with Gasteiger partial charge in [0.25, 0.3) is 15.9 Å². The maximum atomic E-state index is 12.6. The normalized spacial score (nSPS) is 13.5. The number of carbonyl (C=O) groups excluding carboxylic acids is 1. The van der Waals surface area contributed by atoms with E-state index in [9.17, 15) is 13.2 Å². The van der Waals surface area contributed by atoms with Crippen LogP contribution in [0.5, 0.6) is 11.5 Å². The zero-order valence-corrected chi connectivity index (χ0v) is 16.1. The highest BCUT2D eigenvalue weighted by atomic mass is 35.5. The molecular weight excluding hydrogens is 396 g/mol. The maximum absolute atomic E-state index is 12.6. The Morgan fingerprint density at radius 3 is 2.52 bits per heavy atom. The third-order valence-electron chi connectivity index (χ3n) is 3.87. The van der Waals surface area contributed by atoms with E-state index in [0.717, 1.165) is 0 Å². The lowest BCUT2D eigenvalue weighted by atomic mass is 10.2. The molecule has 0 spiro atoms. The number of nitrogens with zero attached hydrogens (tertiary/aromatic N) is 1. The topological polar surface area (TPSA) is 94.2 Å². The summed E-state index contributed by atoms with van der Waals surface area (Å²) in [6, 6.07) is 8.71. The molecule has 1 aliphatic heterocycles. The van der Waals surface area contributed by atoms with E-state index in [-0.39, 0.29) is 15.5 Å². The van der Waals surface area contributed by atoms with Crippen molar-refractivity contribution in [2.45, 2.75) is 4.90 Å². The highest BCUT2D eigenvalue weighted by Crippen LogP contribution is 2.38. The molecular formula is C17H17ClN2O6S. The van der Waals surface area contributed by atoms with Crippen molar-refractivity contribution in [3.63, 3.8) is 0 Å². The molecule has 0 saturated heterocycles. The summed E-state index contributed by atoms with van der Waals surface area (Å²) in [4.78, 5) is 17.2. The number of carbonyl (C=O) groups is 1. The fourth-order valence-corrected chi connectivity index (χ4v) is 3.62. The number of hydrogen-bond donors (Lipinski definition) is 1. The minimum absolute atomic E-state index is 0.0761. The van der Waals surface area contributed by atoms with Gasteiger partial charge < -0.3 is 14.8 Å². The van der Waals surface area contributed by atoms with E-state index in [4.69, 9.17) is 25.9 Å². The van der Waals surface area contributed by atoms with Crippen LogP contribution in [0.25, 0.3) is 0 Å². The molecule has 1 amide bonds. The van der Waals surface area contributed by atoms with Crippen LogP contribution in [0.4, 0.5) is 5.69 Å². The van der Waals surface area contributed by atoms with Gasteiger partial charge in [-0.3, -0.25) is 9.63 Å². The number of benzene rings is 2. The summed E-state index contributed by atoms with van der Waals surface area (Å²) in [7, 11) is -1.37. The molecule has 2 aromatic rings. The van der Waals surface area contributed by atoms with Crippen LogP contribution >= 0.6 is 11.6 Å². The van der Waals surface area contributed by atoms with Crippen LogP contribution in [-0.4, -0.2) is 46.2 Å². The first-order valence-electron chi connectivity index (χ1n) is 7.86. The summed E-state index contributed by atoms with van der Waals surface area (Å²) in [5.41, 5.74) is 0.472. The summed E-state index contributed by atoms with van der Waals surface area (Å²) >= 11 is 6.19. The molecule has 0 aliphatic carbocycles. The van der Waals surface area contributed by atoms with Gasteiger partial charge >= 0.3 is 0 Å². The molecule has 0 fully saturated rings. The Hall–Kier alpha value is -2.33. The van der Waals surface area contributed by atoms with Crippen molar-refractivity contribution in [2.75, 3.05) is 32.7 Å². The van der Waals surface area contributed by atoms with Crippen LogP contribution in [-0.2, 0) is 14.9 Å². The van der Waals surface area contributed by atoms with Gasteiger partial charge in [-0.15, -0.1) is 0 Å². The van der Waals surface area contributed by atoms with Gasteiger partial charge in [0.05, 0.1) is 22.7 Å². The van der Waals surface area contributed by atoms with Gasteiger partial charge in [-0.2, -0.15) is 0 Å². The van der Waals surface area contributed by atoms with E-state index in [2.05, 4.69) is 5.32 Å². The Labute approximate surface area is 161 Å². The standard InChI is InChI=1S/C17H17ClN2O6S/c1-20(24-2)27(22,23)12-5-3-4-11(8-12)17(21)19-14-10-16-15(9-13(14)18)25-6-7-26-16/h3-5,8-10H,6-7H2,1-2H3,(H,19,21). The second-order valence-electron chi connectivity index (χ2n) is 5.55. The van der Waals surface area contributed by atoms with Crippen LogP contribution in [0.2, 0.25) is 5.02 Å². The second-order valence-corrected chi connectivity index (χ2v) is 7.90. The van der Waals surface area contributed by atoms with Gasteiger partial charge in [0.15, 0.2) is 11.5 Å². The van der Waals surface area contributed by atoms with Crippen LogP contribution in [0.3, 0.4) is 0 Å². The van der Waals surface area contributed by atoms with Gasteiger partial charge in [0.2, 0.25) is 0 Å². The highest BCUT2D eigenvalue weighted by molar-refractivity contribution is 7.89. The molecule has 10 heteroatoms. The zero-order valence-electron chi connectivity index (χ0n) is 14.6. The minimum atomic E-state index is -3.87. The molecule has 0 bridgehead atoms. The summed E-state index contributed by atoms with van der Waals surface area (Å²) in [5.74, 6) is 0.449. The van der Waals surface area contributed by atoms with E-state index >= 15 is 0 Å². The number of sulfonamides is 1. The number of anilines is 1. The van der Waals surface area contributed by atoms with Crippen LogP contribution in [0.1, 0.15) is 10.4 Å². The van der Waals surface area contributed by atoms with E-state index < -0.39 is 15.9 Å². The molecule has 1 aliphatic rings. The van der Waals surface area contributed by atoms with Crippen molar-refractivity contribution in [1.29, 1.82) is 0 Å². The molecule has 2 aromatic carbocycles. The lowest BCUT2D eigenvalue weighted by molar-refractivity contribution is -0.0258. The van der Waals surface area contributed by atoms with Crippen LogP contribution in [0, 0.1) is 0 Å².